The van der Waals surface area contributed by atoms with Crippen molar-refractivity contribution in [1.82, 2.24) is 0 Å². The van der Waals surface area contributed by atoms with Crippen molar-refractivity contribution >= 4 is 11.8 Å². The van der Waals surface area contributed by atoms with E-state index in [-0.39, 0.29) is 22.4 Å². The maximum absolute atomic E-state index is 12.1. The molecule has 0 radical (unpaired) electrons. The number of thioether (sulfide) groups is 1. The molecule has 1 aliphatic carbocycles. The largest absolute Gasteiger partial charge is 0.442 e. The van der Waals surface area contributed by atoms with Crippen LogP contribution in [-0.4, -0.2) is 10.8 Å². The van der Waals surface area contributed by atoms with Crippen molar-refractivity contribution in [3.05, 3.63) is 0 Å². The van der Waals surface area contributed by atoms with Crippen LogP contribution in [0, 0.1) is 11.3 Å². The van der Waals surface area contributed by atoms with Gasteiger partial charge in [-0.15, -0.1) is 0 Å². The summed E-state index contributed by atoms with van der Waals surface area (Å²) in [6.07, 6.45) is 3.31. The normalized spacial score (nSPS) is 29.2. The summed E-state index contributed by atoms with van der Waals surface area (Å²) in [5.74, 6) is 0.586. The molecule has 0 aliphatic heterocycles. The SMILES string of the molecule is CC(C)(C)C1CCC(SC(F)(F)F)CC1. The van der Waals surface area contributed by atoms with Crippen molar-refractivity contribution in [3.63, 3.8) is 0 Å². The molecule has 0 aromatic rings. The lowest BCUT2D eigenvalue weighted by Gasteiger charge is -2.36. The van der Waals surface area contributed by atoms with Crippen LogP contribution in [0.5, 0.6) is 0 Å². The third kappa shape index (κ3) is 4.66. The second-order valence-electron chi connectivity index (χ2n) is 5.40. The highest BCUT2D eigenvalue weighted by Gasteiger charge is 2.36. The molecular weight excluding hydrogens is 221 g/mol. The summed E-state index contributed by atoms with van der Waals surface area (Å²) in [6, 6.07) is 0. The fraction of sp³-hybridized carbons (Fsp3) is 1.00. The molecule has 1 aliphatic rings. The molecule has 0 spiro atoms. The first-order valence-electron chi connectivity index (χ1n) is 5.43. The number of rotatable bonds is 1. The van der Waals surface area contributed by atoms with E-state index in [4.69, 9.17) is 0 Å². The van der Waals surface area contributed by atoms with Gasteiger partial charge >= 0.3 is 5.51 Å². The topological polar surface area (TPSA) is 0 Å². The van der Waals surface area contributed by atoms with Gasteiger partial charge in [0.05, 0.1) is 0 Å². The van der Waals surface area contributed by atoms with Crippen molar-refractivity contribution in [1.29, 1.82) is 0 Å². The molecule has 0 aromatic heterocycles. The van der Waals surface area contributed by atoms with Gasteiger partial charge in [0.2, 0.25) is 0 Å². The summed E-state index contributed by atoms with van der Waals surface area (Å²) >= 11 is 0.190. The number of hydrogen-bond acceptors (Lipinski definition) is 1. The minimum Gasteiger partial charge on any atom is -0.160 e. The van der Waals surface area contributed by atoms with Gasteiger partial charge in [-0.25, -0.2) is 0 Å². The minimum atomic E-state index is -4.06. The molecule has 0 aromatic carbocycles. The average Bonchev–Trinajstić information content (AvgIpc) is 2.00. The summed E-state index contributed by atoms with van der Waals surface area (Å²) in [4.78, 5) is 0. The summed E-state index contributed by atoms with van der Waals surface area (Å²) < 4.78 is 36.4. The zero-order valence-electron chi connectivity index (χ0n) is 9.53. The molecule has 0 N–H and O–H groups in total. The van der Waals surface area contributed by atoms with Gasteiger partial charge in [0.25, 0.3) is 0 Å². The number of alkyl halides is 3. The molecule has 0 atom stereocenters. The van der Waals surface area contributed by atoms with E-state index in [9.17, 15) is 13.2 Å². The highest BCUT2D eigenvalue weighted by molar-refractivity contribution is 8.00. The zero-order valence-corrected chi connectivity index (χ0v) is 10.3. The van der Waals surface area contributed by atoms with Crippen LogP contribution < -0.4 is 0 Å². The molecule has 1 fully saturated rings. The molecule has 0 nitrogen and oxygen atoms in total. The van der Waals surface area contributed by atoms with E-state index in [1.807, 2.05) is 0 Å². The molecule has 0 saturated heterocycles. The molecule has 0 bridgehead atoms. The first-order chi connectivity index (χ1) is 6.68. The Morgan fingerprint density at radius 2 is 1.40 bits per heavy atom. The molecule has 90 valence electrons. The van der Waals surface area contributed by atoms with Crippen LogP contribution in [0.2, 0.25) is 0 Å². The third-order valence-corrected chi connectivity index (χ3v) is 4.27. The predicted molar refractivity (Wildman–Crippen MR) is 58.8 cm³/mol. The summed E-state index contributed by atoms with van der Waals surface area (Å²) in [7, 11) is 0. The van der Waals surface area contributed by atoms with Crippen LogP contribution in [0.1, 0.15) is 46.5 Å². The third-order valence-electron chi connectivity index (χ3n) is 3.20. The van der Waals surface area contributed by atoms with Gasteiger partial charge in [0.1, 0.15) is 0 Å². The van der Waals surface area contributed by atoms with Gasteiger partial charge in [0.15, 0.2) is 0 Å². The molecule has 15 heavy (non-hydrogen) atoms. The van der Waals surface area contributed by atoms with Crippen LogP contribution in [0.25, 0.3) is 0 Å². The standard InChI is InChI=1S/C11H19F3S/c1-10(2,3)8-4-6-9(7-5-8)15-11(12,13)14/h8-9H,4-7H2,1-3H3. The van der Waals surface area contributed by atoms with Gasteiger partial charge in [-0.1, -0.05) is 20.8 Å². The van der Waals surface area contributed by atoms with Crippen LogP contribution in [0.15, 0.2) is 0 Å². The fourth-order valence-corrected chi connectivity index (χ4v) is 3.12. The van der Waals surface area contributed by atoms with E-state index < -0.39 is 5.51 Å². The highest BCUT2D eigenvalue weighted by atomic mass is 32.2. The summed E-state index contributed by atoms with van der Waals surface area (Å²) in [5.41, 5.74) is -3.81. The lowest BCUT2D eigenvalue weighted by Crippen LogP contribution is -2.27. The van der Waals surface area contributed by atoms with E-state index >= 15 is 0 Å². The van der Waals surface area contributed by atoms with Crippen molar-refractivity contribution in [3.8, 4) is 0 Å². The second kappa shape index (κ2) is 4.56. The second-order valence-corrected chi connectivity index (χ2v) is 6.77. The first-order valence-corrected chi connectivity index (χ1v) is 6.31. The van der Waals surface area contributed by atoms with E-state index in [1.165, 1.54) is 0 Å². The Balaban J connectivity index is 2.37. The van der Waals surface area contributed by atoms with Crippen LogP contribution in [0.4, 0.5) is 13.2 Å². The Morgan fingerprint density at radius 1 is 0.933 bits per heavy atom. The van der Waals surface area contributed by atoms with Crippen LogP contribution >= 0.6 is 11.8 Å². The monoisotopic (exact) mass is 240 g/mol. The lowest BCUT2D eigenvalue weighted by molar-refractivity contribution is -0.0337. The maximum atomic E-state index is 12.1. The van der Waals surface area contributed by atoms with Crippen LogP contribution in [-0.2, 0) is 0 Å². The molecule has 1 rings (SSSR count). The Kier molecular flexibility index (Phi) is 4.01. The summed E-state index contributed by atoms with van der Waals surface area (Å²) in [6.45, 7) is 6.53. The van der Waals surface area contributed by atoms with Gasteiger partial charge < -0.3 is 0 Å². The molecule has 0 amide bonds. The van der Waals surface area contributed by atoms with E-state index in [0.29, 0.717) is 18.8 Å². The van der Waals surface area contributed by atoms with Gasteiger partial charge in [-0.2, -0.15) is 13.2 Å². The molecule has 0 heterocycles. The van der Waals surface area contributed by atoms with E-state index in [1.54, 1.807) is 0 Å². The maximum Gasteiger partial charge on any atom is 0.442 e. The number of hydrogen-bond donors (Lipinski definition) is 0. The summed E-state index contributed by atoms with van der Waals surface area (Å²) in [5, 5.41) is -0.205. The van der Waals surface area contributed by atoms with E-state index in [2.05, 4.69) is 20.8 Å². The molecular formula is C11H19F3S. The Morgan fingerprint density at radius 3 is 1.73 bits per heavy atom. The van der Waals surface area contributed by atoms with Crippen molar-refractivity contribution in [2.24, 2.45) is 11.3 Å². The molecule has 1 saturated carbocycles. The molecule has 0 unspecified atom stereocenters. The smallest absolute Gasteiger partial charge is 0.160 e. The van der Waals surface area contributed by atoms with Gasteiger partial charge in [0, 0.05) is 5.25 Å². The highest BCUT2D eigenvalue weighted by Crippen LogP contribution is 2.45. The van der Waals surface area contributed by atoms with Crippen molar-refractivity contribution < 1.29 is 13.2 Å². The Hall–Kier alpha value is 0.140. The predicted octanol–water partition coefficient (Wildman–Crippen LogP) is 4.84. The Bertz CT molecular complexity index is 197. The minimum absolute atomic E-state index is 0.190. The van der Waals surface area contributed by atoms with Crippen molar-refractivity contribution in [2.75, 3.05) is 0 Å². The fourth-order valence-electron chi connectivity index (χ4n) is 2.24. The van der Waals surface area contributed by atoms with Crippen molar-refractivity contribution in [2.45, 2.75) is 57.2 Å². The lowest BCUT2D eigenvalue weighted by atomic mass is 9.72. The molecule has 4 heteroatoms. The van der Waals surface area contributed by atoms with Crippen LogP contribution in [0.3, 0.4) is 0 Å². The first kappa shape index (κ1) is 13.2. The van der Waals surface area contributed by atoms with Gasteiger partial charge in [-0.05, 0) is 48.8 Å². The number of halogens is 3. The zero-order chi connectivity index (χ0) is 11.7. The average molecular weight is 240 g/mol. The van der Waals surface area contributed by atoms with E-state index in [0.717, 1.165) is 12.8 Å². The quantitative estimate of drug-likeness (QED) is 0.631. The Labute approximate surface area is 94.0 Å². The van der Waals surface area contributed by atoms with Gasteiger partial charge in [-0.3, -0.25) is 0 Å².